The Labute approximate surface area is 181 Å². The van der Waals surface area contributed by atoms with Crippen LogP contribution >= 0.6 is 0 Å². The van der Waals surface area contributed by atoms with Gasteiger partial charge in [0, 0.05) is 18.0 Å². The zero-order valence-electron chi connectivity index (χ0n) is 18.6. The summed E-state index contributed by atoms with van der Waals surface area (Å²) < 4.78 is 10.8. The third-order valence-electron chi connectivity index (χ3n) is 6.36. The van der Waals surface area contributed by atoms with Gasteiger partial charge in [0.05, 0.1) is 14.2 Å². The van der Waals surface area contributed by atoms with E-state index in [-0.39, 0.29) is 11.7 Å². The van der Waals surface area contributed by atoms with Gasteiger partial charge < -0.3 is 14.8 Å². The number of hydrogen-bond donors (Lipinski definition) is 1. The van der Waals surface area contributed by atoms with Crippen LogP contribution in [-0.2, 0) is 13.0 Å². The number of rotatable bonds is 12. The van der Waals surface area contributed by atoms with Crippen molar-refractivity contribution in [3.63, 3.8) is 0 Å². The third kappa shape index (κ3) is 5.63. The van der Waals surface area contributed by atoms with Gasteiger partial charge >= 0.3 is 0 Å². The molecule has 0 aromatic heterocycles. The first-order valence-corrected chi connectivity index (χ1v) is 11.2. The summed E-state index contributed by atoms with van der Waals surface area (Å²) in [5.74, 6) is 2.43. The lowest BCUT2D eigenvalue weighted by atomic mass is 9.91. The van der Waals surface area contributed by atoms with Gasteiger partial charge in [-0.05, 0) is 55.0 Å². The Hall–Kier alpha value is -2.33. The molecule has 30 heavy (non-hydrogen) atoms. The van der Waals surface area contributed by atoms with Crippen LogP contribution < -0.4 is 14.8 Å². The number of carbonyl (C=O) groups is 1. The number of methoxy groups -OCH3 is 2. The average Bonchev–Trinajstić information content (AvgIpc) is 3.09. The van der Waals surface area contributed by atoms with E-state index in [0.29, 0.717) is 17.4 Å². The van der Waals surface area contributed by atoms with Crippen molar-refractivity contribution in [3.8, 4) is 11.5 Å². The molecule has 0 spiro atoms. The fraction of sp³-hybridized carbons (Fsp3) is 0.500. The standard InChI is InChI=1S/C26H35NO3/c1-4-19(13-14-27-18-20-9-6-5-7-10-20)11-8-12-21-15-22-16-24(29-2)25(30-3)17-23(22)26(21)28/h5-7,9-10,16-17,19,21,27H,4,8,11-15,18H2,1-3H3. The predicted molar refractivity (Wildman–Crippen MR) is 121 cm³/mol. The molecule has 0 saturated heterocycles. The zero-order chi connectivity index (χ0) is 21.3. The van der Waals surface area contributed by atoms with E-state index in [9.17, 15) is 4.79 Å². The van der Waals surface area contributed by atoms with Crippen LogP contribution in [0.5, 0.6) is 11.5 Å². The molecule has 1 aliphatic rings. The van der Waals surface area contributed by atoms with Gasteiger partial charge in [-0.15, -0.1) is 0 Å². The monoisotopic (exact) mass is 409 g/mol. The van der Waals surface area contributed by atoms with Crippen LogP contribution in [0.3, 0.4) is 0 Å². The molecule has 2 aromatic rings. The van der Waals surface area contributed by atoms with Crippen LogP contribution in [0.25, 0.3) is 0 Å². The van der Waals surface area contributed by atoms with Gasteiger partial charge in [0.2, 0.25) is 0 Å². The van der Waals surface area contributed by atoms with Gasteiger partial charge in [-0.25, -0.2) is 0 Å². The number of Topliss-reactive ketones (excluding diaryl/α,β-unsaturated/α-hetero) is 1. The van der Waals surface area contributed by atoms with Gasteiger partial charge in [-0.3, -0.25) is 4.79 Å². The molecule has 4 heteroatoms. The summed E-state index contributed by atoms with van der Waals surface area (Å²) in [6.45, 7) is 4.25. The molecular weight excluding hydrogens is 374 g/mol. The third-order valence-corrected chi connectivity index (χ3v) is 6.36. The molecule has 162 valence electrons. The Kier molecular flexibility index (Phi) is 8.32. The minimum atomic E-state index is 0.102. The van der Waals surface area contributed by atoms with Gasteiger partial charge in [-0.2, -0.15) is 0 Å². The smallest absolute Gasteiger partial charge is 0.166 e. The fourth-order valence-electron chi connectivity index (χ4n) is 4.47. The lowest BCUT2D eigenvalue weighted by molar-refractivity contribution is 0.0927. The summed E-state index contributed by atoms with van der Waals surface area (Å²) in [6, 6.07) is 14.4. The molecule has 3 rings (SSSR count). The highest BCUT2D eigenvalue weighted by atomic mass is 16.5. The fourth-order valence-corrected chi connectivity index (χ4v) is 4.47. The van der Waals surface area contributed by atoms with Crippen LogP contribution in [-0.4, -0.2) is 26.5 Å². The Bertz CT molecular complexity index is 819. The summed E-state index contributed by atoms with van der Waals surface area (Å²) in [6.07, 6.45) is 6.47. The molecular formula is C26H35NO3. The summed E-state index contributed by atoms with van der Waals surface area (Å²) in [5, 5.41) is 3.56. The number of nitrogens with one attached hydrogen (secondary N) is 1. The highest BCUT2D eigenvalue weighted by Gasteiger charge is 2.31. The van der Waals surface area contributed by atoms with Crippen LogP contribution in [0.2, 0.25) is 0 Å². The summed E-state index contributed by atoms with van der Waals surface area (Å²) in [7, 11) is 3.25. The minimum Gasteiger partial charge on any atom is -0.493 e. The normalized spacial score (nSPS) is 16.4. The second-order valence-electron chi connectivity index (χ2n) is 8.29. The van der Waals surface area contributed by atoms with Crippen molar-refractivity contribution in [2.45, 2.75) is 52.0 Å². The van der Waals surface area contributed by atoms with E-state index in [2.05, 4.69) is 42.6 Å². The van der Waals surface area contributed by atoms with Crippen molar-refractivity contribution in [3.05, 3.63) is 59.2 Å². The van der Waals surface area contributed by atoms with Crippen LogP contribution in [0.15, 0.2) is 42.5 Å². The van der Waals surface area contributed by atoms with Crippen LogP contribution in [0, 0.1) is 11.8 Å². The highest BCUT2D eigenvalue weighted by Crippen LogP contribution is 2.38. The van der Waals surface area contributed by atoms with Gasteiger partial charge in [0.1, 0.15) is 0 Å². The molecule has 0 amide bonds. The Morgan fingerprint density at radius 3 is 2.50 bits per heavy atom. The topological polar surface area (TPSA) is 47.6 Å². The largest absolute Gasteiger partial charge is 0.493 e. The SMILES string of the molecule is CCC(CCCC1Cc2cc(OC)c(OC)cc2C1=O)CCNCc1ccccc1. The van der Waals surface area contributed by atoms with Crippen molar-refractivity contribution in [2.24, 2.45) is 11.8 Å². The molecule has 1 aliphatic carbocycles. The van der Waals surface area contributed by atoms with Crippen molar-refractivity contribution >= 4 is 5.78 Å². The summed E-state index contributed by atoms with van der Waals surface area (Å²) in [5.41, 5.74) is 3.24. The zero-order valence-corrected chi connectivity index (χ0v) is 18.6. The number of ether oxygens (including phenoxy) is 2. The molecule has 0 radical (unpaired) electrons. The van der Waals surface area contributed by atoms with Gasteiger partial charge in [0.25, 0.3) is 0 Å². The maximum Gasteiger partial charge on any atom is 0.166 e. The van der Waals surface area contributed by atoms with Crippen LogP contribution in [0.4, 0.5) is 0 Å². The number of benzene rings is 2. The van der Waals surface area contributed by atoms with E-state index in [1.807, 2.05) is 12.1 Å². The molecule has 0 bridgehead atoms. The maximum atomic E-state index is 12.8. The number of fused-ring (bicyclic) bond motifs is 1. The number of hydrogen-bond acceptors (Lipinski definition) is 4. The molecule has 2 aromatic carbocycles. The summed E-state index contributed by atoms with van der Waals surface area (Å²) >= 11 is 0. The summed E-state index contributed by atoms with van der Waals surface area (Å²) in [4.78, 5) is 12.8. The molecule has 2 atom stereocenters. The highest BCUT2D eigenvalue weighted by molar-refractivity contribution is 6.02. The van der Waals surface area contributed by atoms with Crippen molar-refractivity contribution in [1.29, 1.82) is 0 Å². The van der Waals surface area contributed by atoms with E-state index in [1.54, 1.807) is 14.2 Å². The second kappa shape index (κ2) is 11.2. The molecule has 0 saturated carbocycles. The first-order valence-electron chi connectivity index (χ1n) is 11.2. The van der Waals surface area contributed by atoms with Crippen molar-refractivity contribution < 1.29 is 14.3 Å². The van der Waals surface area contributed by atoms with Gasteiger partial charge in [-0.1, -0.05) is 56.5 Å². The molecule has 4 nitrogen and oxygen atoms in total. The molecule has 0 aliphatic heterocycles. The quantitative estimate of drug-likeness (QED) is 0.475. The Balaban J connectivity index is 1.42. The molecule has 2 unspecified atom stereocenters. The lowest BCUT2D eigenvalue weighted by Crippen LogP contribution is -2.18. The average molecular weight is 410 g/mol. The minimum absolute atomic E-state index is 0.102. The second-order valence-corrected chi connectivity index (χ2v) is 8.29. The van der Waals surface area contributed by atoms with Crippen LogP contribution in [0.1, 0.15) is 60.5 Å². The van der Waals surface area contributed by atoms with E-state index in [1.165, 1.54) is 24.8 Å². The first kappa shape index (κ1) is 22.4. The molecule has 0 fully saturated rings. The maximum absolute atomic E-state index is 12.8. The predicted octanol–water partition coefficient (Wildman–Crippen LogP) is 5.44. The number of carbonyl (C=O) groups excluding carboxylic acids is 1. The van der Waals surface area contributed by atoms with E-state index in [0.717, 1.165) is 43.5 Å². The van der Waals surface area contributed by atoms with Crippen molar-refractivity contribution in [1.82, 2.24) is 5.32 Å². The van der Waals surface area contributed by atoms with E-state index < -0.39 is 0 Å². The lowest BCUT2D eigenvalue weighted by Gasteiger charge is -2.16. The van der Waals surface area contributed by atoms with E-state index >= 15 is 0 Å². The Morgan fingerprint density at radius 1 is 1.07 bits per heavy atom. The van der Waals surface area contributed by atoms with Crippen molar-refractivity contribution in [2.75, 3.05) is 20.8 Å². The first-order chi connectivity index (χ1) is 14.7. The van der Waals surface area contributed by atoms with E-state index in [4.69, 9.17) is 9.47 Å². The number of ketones is 1. The Morgan fingerprint density at radius 2 is 1.80 bits per heavy atom. The molecule has 0 heterocycles. The molecule has 1 N–H and O–H groups in total. The van der Waals surface area contributed by atoms with Gasteiger partial charge in [0.15, 0.2) is 17.3 Å².